The third kappa shape index (κ3) is 3.43. The molecular formula is C13H15Br2N3. The van der Waals surface area contributed by atoms with E-state index in [2.05, 4.69) is 56.0 Å². The summed E-state index contributed by atoms with van der Waals surface area (Å²) in [5.74, 6) is 0. The molecule has 2 rings (SSSR count). The first-order valence-electron chi connectivity index (χ1n) is 5.81. The minimum Gasteiger partial charge on any atom is -0.324 e. The number of rotatable bonds is 4. The number of nitrogens with zero attached hydrogens (tertiary/aromatic N) is 2. The summed E-state index contributed by atoms with van der Waals surface area (Å²) in [6, 6.07) is 6.10. The minimum absolute atomic E-state index is 0.0201. The first-order valence-corrected chi connectivity index (χ1v) is 7.40. The molecule has 5 heteroatoms. The lowest BCUT2D eigenvalue weighted by molar-refractivity contribution is 0.657. The van der Waals surface area contributed by atoms with Crippen molar-refractivity contribution in [3.8, 4) is 0 Å². The quantitative estimate of drug-likeness (QED) is 0.889. The van der Waals surface area contributed by atoms with Gasteiger partial charge in [0.2, 0.25) is 0 Å². The lowest BCUT2D eigenvalue weighted by atomic mass is 10.0. The van der Waals surface area contributed by atoms with E-state index in [-0.39, 0.29) is 6.04 Å². The Labute approximate surface area is 124 Å². The van der Waals surface area contributed by atoms with Crippen LogP contribution in [0.15, 0.2) is 39.5 Å². The van der Waals surface area contributed by atoms with Crippen molar-refractivity contribution in [1.82, 2.24) is 9.78 Å². The number of halogens is 2. The second kappa shape index (κ2) is 5.99. The van der Waals surface area contributed by atoms with Gasteiger partial charge in [0.1, 0.15) is 0 Å². The molecule has 2 aromatic rings. The van der Waals surface area contributed by atoms with Crippen molar-refractivity contribution in [2.24, 2.45) is 5.73 Å². The molecule has 0 saturated carbocycles. The molecule has 1 aromatic carbocycles. The second-order valence-electron chi connectivity index (χ2n) is 4.22. The predicted molar refractivity (Wildman–Crippen MR) is 80.4 cm³/mol. The maximum atomic E-state index is 6.24. The molecule has 0 spiro atoms. The molecule has 0 saturated heterocycles. The highest BCUT2D eigenvalue weighted by molar-refractivity contribution is 9.11. The van der Waals surface area contributed by atoms with Crippen molar-refractivity contribution in [3.05, 3.63) is 50.7 Å². The van der Waals surface area contributed by atoms with E-state index in [4.69, 9.17) is 5.73 Å². The molecule has 1 aromatic heterocycles. The predicted octanol–water partition coefficient (Wildman–Crippen LogP) is 3.67. The number of aryl methyl sites for hydroxylation is 1. The van der Waals surface area contributed by atoms with Crippen molar-refractivity contribution in [2.75, 3.05) is 0 Å². The topological polar surface area (TPSA) is 43.8 Å². The van der Waals surface area contributed by atoms with E-state index in [9.17, 15) is 0 Å². The third-order valence-corrected chi connectivity index (χ3v) is 3.70. The third-order valence-electron chi connectivity index (χ3n) is 2.78. The standard InChI is InChI=1S/C13H15Br2N3/c1-2-18-8-9(7-17-18)3-13(16)10-4-11(14)6-12(15)5-10/h4-8,13H,2-3,16H2,1H3. The average Bonchev–Trinajstić information content (AvgIpc) is 2.75. The van der Waals surface area contributed by atoms with Crippen molar-refractivity contribution in [1.29, 1.82) is 0 Å². The van der Waals surface area contributed by atoms with Gasteiger partial charge in [-0.05, 0) is 42.7 Å². The fraction of sp³-hybridized carbons (Fsp3) is 0.308. The van der Waals surface area contributed by atoms with Crippen LogP contribution in [0, 0.1) is 0 Å². The molecule has 2 N–H and O–H groups in total. The van der Waals surface area contributed by atoms with Crippen LogP contribution in [-0.2, 0) is 13.0 Å². The van der Waals surface area contributed by atoms with Crippen LogP contribution in [0.5, 0.6) is 0 Å². The minimum atomic E-state index is -0.0201. The van der Waals surface area contributed by atoms with Gasteiger partial charge in [-0.25, -0.2) is 0 Å². The highest BCUT2D eigenvalue weighted by atomic mass is 79.9. The normalized spacial score (nSPS) is 12.7. The summed E-state index contributed by atoms with van der Waals surface area (Å²) in [5, 5.41) is 4.26. The molecule has 0 bridgehead atoms. The van der Waals surface area contributed by atoms with Crippen LogP contribution in [0.4, 0.5) is 0 Å². The Kier molecular flexibility index (Phi) is 4.59. The van der Waals surface area contributed by atoms with E-state index >= 15 is 0 Å². The lowest BCUT2D eigenvalue weighted by Crippen LogP contribution is -2.13. The summed E-state index contributed by atoms with van der Waals surface area (Å²) >= 11 is 6.96. The van der Waals surface area contributed by atoms with Crippen molar-refractivity contribution >= 4 is 31.9 Å². The summed E-state index contributed by atoms with van der Waals surface area (Å²) in [6.45, 7) is 2.96. The van der Waals surface area contributed by atoms with Crippen LogP contribution >= 0.6 is 31.9 Å². The van der Waals surface area contributed by atoms with E-state index in [1.807, 2.05) is 23.1 Å². The van der Waals surface area contributed by atoms with E-state index in [1.54, 1.807) is 0 Å². The maximum absolute atomic E-state index is 6.24. The van der Waals surface area contributed by atoms with Crippen LogP contribution in [-0.4, -0.2) is 9.78 Å². The van der Waals surface area contributed by atoms with Gasteiger partial charge in [-0.1, -0.05) is 31.9 Å². The SMILES string of the molecule is CCn1cc(CC(N)c2cc(Br)cc(Br)c2)cn1. The number of aromatic nitrogens is 2. The zero-order valence-electron chi connectivity index (χ0n) is 10.1. The fourth-order valence-electron chi connectivity index (χ4n) is 1.85. The van der Waals surface area contributed by atoms with Crippen molar-refractivity contribution < 1.29 is 0 Å². The van der Waals surface area contributed by atoms with Crippen molar-refractivity contribution in [3.63, 3.8) is 0 Å². The molecule has 0 aliphatic rings. The zero-order valence-corrected chi connectivity index (χ0v) is 13.3. The van der Waals surface area contributed by atoms with Gasteiger partial charge in [-0.3, -0.25) is 4.68 Å². The number of hydrogen-bond donors (Lipinski definition) is 1. The van der Waals surface area contributed by atoms with Gasteiger partial charge in [-0.15, -0.1) is 0 Å². The zero-order chi connectivity index (χ0) is 13.1. The molecule has 18 heavy (non-hydrogen) atoms. The van der Waals surface area contributed by atoms with E-state index in [0.29, 0.717) is 0 Å². The summed E-state index contributed by atoms with van der Waals surface area (Å²) in [4.78, 5) is 0. The highest BCUT2D eigenvalue weighted by Crippen LogP contribution is 2.25. The summed E-state index contributed by atoms with van der Waals surface area (Å²) in [5.41, 5.74) is 8.52. The molecular weight excluding hydrogens is 358 g/mol. The van der Waals surface area contributed by atoms with Crippen LogP contribution < -0.4 is 5.73 Å². The summed E-state index contributed by atoms with van der Waals surface area (Å²) < 4.78 is 3.98. The molecule has 0 fully saturated rings. The Morgan fingerprint density at radius 1 is 1.28 bits per heavy atom. The highest BCUT2D eigenvalue weighted by Gasteiger charge is 2.10. The van der Waals surface area contributed by atoms with Gasteiger partial charge in [0.15, 0.2) is 0 Å². The number of benzene rings is 1. The molecule has 0 radical (unpaired) electrons. The Hall–Kier alpha value is -0.650. The van der Waals surface area contributed by atoms with Gasteiger partial charge in [-0.2, -0.15) is 5.10 Å². The molecule has 1 unspecified atom stereocenters. The van der Waals surface area contributed by atoms with Gasteiger partial charge >= 0.3 is 0 Å². The molecule has 1 atom stereocenters. The van der Waals surface area contributed by atoms with Crippen LogP contribution in [0.3, 0.4) is 0 Å². The first kappa shape index (κ1) is 13.8. The molecule has 0 aliphatic carbocycles. The van der Waals surface area contributed by atoms with Crippen LogP contribution in [0.2, 0.25) is 0 Å². The van der Waals surface area contributed by atoms with Crippen LogP contribution in [0.1, 0.15) is 24.1 Å². The largest absolute Gasteiger partial charge is 0.324 e. The summed E-state index contributed by atoms with van der Waals surface area (Å²) in [6.07, 6.45) is 4.73. The Bertz CT molecular complexity index is 517. The number of nitrogens with two attached hydrogens (primary N) is 1. The van der Waals surface area contributed by atoms with Gasteiger partial charge in [0.05, 0.1) is 6.20 Å². The van der Waals surface area contributed by atoms with E-state index in [0.717, 1.165) is 27.5 Å². The molecule has 0 amide bonds. The Balaban J connectivity index is 2.13. The summed E-state index contributed by atoms with van der Waals surface area (Å²) in [7, 11) is 0. The van der Waals surface area contributed by atoms with Gasteiger partial charge < -0.3 is 5.73 Å². The fourth-order valence-corrected chi connectivity index (χ4v) is 3.17. The smallest absolute Gasteiger partial charge is 0.0522 e. The number of hydrogen-bond acceptors (Lipinski definition) is 2. The Morgan fingerprint density at radius 3 is 2.50 bits per heavy atom. The van der Waals surface area contributed by atoms with Gasteiger partial charge in [0.25, 0.3) is 0 Å². The van der Waals surface area contributed by atoms with E-state index in [1.165, 1.54) is 5.56 Å². The molecule has 96 valence electrons. The maximum Gasteiger partial charge on any atom is 0.0522 e. The molecule has 1 heterocycles. The lowest BCUT2D eigenvalue weighted by Gasteiger charge is -2.12. The second-order valence-corrected chi connectivity index (χ2v) is 6.05. The molecule has 3 nitrogen and oxygen atoms in total. The van der Waals surface area contributed by atoms with Gasteiger partial charge in [0, 0.05) is 27.7 Å². The molecule has 0 aliphatic heterocycles. The Morgan fingerprint density at radius 2 is 1.94 bits per heavy atom. The van der Waals surface area contributed by atoms with Crippen LogP contribution in [0.25, 0.3) is 0 Å². The monoisotopic (exact) mass is 371 g/mol. The van der Waals surface area contributed by atoms with Crippen molar-refractivity contribution in [2.45, 2.75) is 25.9 Å². The first-order chi connectivity index (χ1) is 8.58. The van der Waals surface area contributed by atoms with E-state index < -0.39 is 0 Å². The average molecular weight is 373 g/mol.